The molecular weight excluding hydrogens is 393 g/mol. The van der Waals surface area contributed by atoms with E-state index in [0.29, 0.717) is 10.6 Å². The van der Waals surface area contributed by atoms with Crippen LogP contribution in [0.3, 0.4) is 0 Å². The van der Waals surface area contributed by atoms with Crippen LogP contribution in [-0.2, 0) is 14.4 Å². The van der Waals surface area contributed by atoms with E-state index >= 15 is 0 Å². The number of hydrazine groups is 1. The van der Waals surface area contributed by atoms with E-state index in [1.807, 2.05) is 0 Å². The van der Waals surface area contributed by atoms with Gasteiger partial charge in [-0.1, -0.05) is 19.1 Å². The van der Waals surface area contributed by atoms with Gasteiger partial charge in [0.15, 0.2) is 0 Å². The lowest BCUT2D eigenvalue weighted by Gasteiger charge is -2.27. The van der Waals surface area contributed by atoms with Gasteiger partial charge in [-0.3, -0.25) is 24.6 Å². The van der Waals surface area contributed by atoms with E-state index in [1.165, 1.54) is 37.4 Å². The third-order valence-corrected chi connectivity index (χ3v) is 4.67. The molecule has 30 heavy (non-hydrogen) atoms. The lowest BCUT2D eigenvalue weighted by molar-refractivity contribution is -0.140. The molecule has 0 saturated carbocycles. The number of methoxy groups -OCH3 is 1. The monoisotopic (exact) mass is 413 g/mol. The van der Waals surface area contributed by atoms with Gasteiger partial charge in [0.1, 0.15) is 17.6 Å². The van der Waals surface area contributed by atoms with Gasteiger partial charge in [0.05, 0.1) is 19.2 Å². The molecule has 1 unspecified atom stereocenters. The van der Waals surface area contributed by atoms with E-state index in [2.05, 4.69) is 5.43 Å². The van der Waals surface area contributed by atoms with Crippen molar-refractivity contribution in [1.29, 1.82) is 0 Å². The second-order valence-corrected chi connectivity index (χ2v) is 6.53. The zero-order valence-corrected chi connectivity index (χ0v) is 16.4. The van der Waals surface area contributed by atoms with Gasteiger partial charge in [-0.15, -0.1) is 0 Å². The number of hydrogen-bond acceptors (Lipinski definition) is 5. The molecular formula is C21H20FN3O5. The van der Waals surface area contributed by atoms with Crippen LogP contribution in [-0.4, -0.2) is 41.8 Å². The first-order chi connectivity index (χ1) is 14.4. The number of hydrogen-bond donors (Lipinski definition) is 1. The summed E-state index contributed by atoms with van der Waals surface area (Å²) in [5.41, 5.74) is 2.45. The van der Waals surface area contributed by atoms with Crippen molar-refractivity contribution in [3.05, 3.63) is 59.9 Å². The number of imide groups is 1. The Labute approximate surface area is 172 Å². The third kappa shape index (κ3) is 4.00. The molecule has 0 bridgehead atoms. The highest BCUT2D eigenvalue weighted by Crippen LogP contribution is 2.27. The first-order valence-corrected chi connectivity index (χ1v) is 9.25. The van der Waals surface area contributed by atoms with Gasteiger partial charge < -0.3 is 4.74 Å². The second-order valence-electron chi connectivity index (χ2n) is 6.53. The normalized spacial score (nSPS) is 15.8. The fourth-order valence-electron chi connectivity index (χ4n) is 3.10. The van der Waals surface area contributed by atoms with Crippen molar-refractivity contribution in [1.82, 2.24) is 10.4 Å². The largest absolute Gasteiger partial charge is 0.497 e. The lowest BCUT2D eigenvalue weighted by Crippen LogP contribution is -2.54. The quantitative estimate of drug-likeness (QED) is 0.598. The van der Waals surface area contributed by atoms with E-state index < -0.39 is 35.5 Å². The summed E-state index contributed by atoms with van der Waals surface area (Å²) in [6.07, 6.45) is -0.387. The molecule has 9 heteroatoms. The Hall–Kier alpha value is -3.75. The van der Waals surface area contributed by atoms with Crippen LogP contribution in [0, 0.1) is 5.82 Å². The summed E-state index contributed by atoms with van der Waals surface area (Å²) in [6.45, 7) is 1.56. The van der Waals surface area contributed by atoms with Crippen LogP contribution in [0.5, 0.6) is 5.75 Å². The average Bonchev–Trinajstić information content (AvgIpc) is 3.05. The summed E-state index contributed by atoms with van der Waals surface area (Å²) in [5.74, 6) is -2.84. The Morgan fingerprint density at radius 1 is 1.17 bits per heavy atom. The maximum absolute atomic E-state index is 14.1. The summed E-state index contributed by atoms with van der Waals surface area (Å²) in [5, 5.41) is 0.855. The highest BCUT2D eigenvalue weighted by atomic mass is 19.1. The predicted molar refractivity (Wildman–Crippen MR) is 105 cm³/mol. The maximum atomic E-state index is 14.1. The molecule has 1 aliphatic rings. The van der Waals surface area contributed by atoms with Crippen LogP contribution >= 0.6 is 0 Å². The number of nitrogens with one attached hydrogen (secondary N) is 1. The molecule has 1 N–H and O–H groups in total. The van der Waals surface area contributed by atoms with Gasteiger partial charge in [-0.25, -0.2) is 14.3 Å². The molecule has 8 nitrogen and oxygen atoms in total. The molecule has 1 fully saturated rings. The number of rotatable bonds is 5. The molecule has 0 spiro atoms. The van der Waals surface area contributed by atoms with Crippen LogP contribution in [0.25, 0.3) is 0 Å². The minimum Gasteiger partial charge on any atom is -0.497 e. The summed E-state index contributed by atoms with van der Waals surface area (Å²) in [6, 6.07) is 10.2. The van der Waals surface area contributed by atoms with E-state index in [4.69, 9.17) is 4.74 Å². The summed E-state index contributed by atoms with van der Waals surface area (Å²) in [7, 11) is 1.49. The highest BCUT2D eigenvalue weighted by Gasteiger charge is 2.45. The smallest absolute Gasteiger partial charge is 0.269 e. The van der Waals surface area contributed by atoms with Crippen LogP contribution in [0.2, 0.25) is 0 Å². The third-order valence-electron chi connectivity index (χ3n) is 4.67. The van der Waals surface area contributed by atoms with Crippen molar-refractivity contribution in [3.63, 3.8) is 0 Å². The molecule has 3 rings (SSSR count). The Morgan fingerprint density at radius 3 is 2.43 bits per heavy atom. The molecule has 1 heterocycles. The maximum Gasteiger partial charge on any atom is 0.269 e. The number of carbonyl (C=O) groups is 4. The molecule has 156 valence electrons. The zero-order valence-electron chi connectivity index (χ0n) is 16.4. The van der Waals surface area contributed by atoms with E-state index in [1.54, 1.807) is 19.1 Å². The SMILES string of the molecule is CCC(=O)N(NC(=O)c1ccc(OC)cc1)C1CC(=O)N(c2ccccc2F)C1=O. The molecule has 1 atom stereocenters. The van der Waals surface area contributed by atoms with Crippen LogP contribution in [0.4, 0.5) is 10.1 Å². The van der Waals surface area contributed by atoms with Crippen molar-refractivity contribution >= 4 is 29.3 Å². The Bertz CT molecular complexity index is 992. The molecule has 1 aliphatic heterocycles. The van der Waals surface area contributed by atoms with Crippen molar-refractivity contribution in [2.45, 2.75) is 25.8 Å². The fraction of sp³-hybridized carbons (Fsp3) is 0.238. The Morgan fingerprint density at radius 2 is 1.83 bits per heavy atom. The van der Waals surface area contributed by atoms with Crippen molar-refractivity contribution in [2.75, 3.05) is 12.0 Å². The van der Waals surface area contributed by atoms with Crippen LogP contribution < -0.4 is 15.1 Å². The molecule has 4 amide bonds. The number of amides is 4. The predicted octanol–water partition coefficient (Wildman–Crippen LogP) is 2.05. The topological polar surface area (TPSA) is 96.0 Å². The molecule has 0 aliphatic carbocycles. The number of para-hydroxylation sites is 1. The lowest BCUT2D eigenvalue weighted by atomic mass is 10.2. The molecule has 1 saturated heterocycles. The second kappa shape index (κ2) is 8.73. The Kier molecular flexibility index (Phi) is 6.10. The van der Waals surface area contributed by atoms with E-state index in [9.17, 15) is 23.6 Å². The van der Waals surface area contributed by atoms with Gasteiger partial charge in [0, 0.05) is 12.0 Å². The summed E-state index contributed by atoms with van der Waals surface area (Å²) < 4.78 is 19.2. The Balaban J connectivity index is 1.86. The van der Waals surface area contributed by atoms with Gasteiger partial charge in [-0.05, 0) is 36.4 Å². The number of anilines is 1. The van der Waals surface area contributed by atoms with E-state index in [0.717, 1.165) is 11.1 Å². The summed E-state index contributed by atoms with van der Waals surface area (Å²) in [4.78, 5) is 51.1. The average molecular weight is 413 g/mol. The number of ether oxygens (including phenoxy) is 1. The minimum absolute atomic E-state index is 0.0133. The van der Waals surface area contributed by atoms with Crippen molar-refractivity contribution < 1.29 is 28.3 Å². The van der Waals surface area contributed by atoms with Gasteiger partial charge in [0.25, 0.3) is 11.8 Å². The van der Waals surface area contributed by atoms with Gasteiger partial charge in [0.2, 0.25) is 11.8 Å². The molecule has 2 aromatic carbocycles. The number of nitrogens with zero attached hydrogens (tertiary/aromatic N) is 2. The number of carbonyl (C=O) groups excluding carboxylic acids is 4. The molecule has 0 radical (unpaired) electrons. The zero-order chi connectivity index (χ0) is 21.8. The van der Waals surface area contributed by atoms with Crippen molar-refractivity contribution in [2.24, 2.45) is 0 Å². The first kappa shape index (κ1) is 21.0. The van der Waals surface area contributed by atoms with Crippen LogP contribution in [0.15, 0.2) is 48.5 Å². The molecule has 2 aromatic rings. The number of halogens is 1. The minimum atomic E-state index is -1.27. The van der Waals surface area contributed by atoms with Gasteiger partial charge in [-0.2, -0.15) is 0 Å². The highest BCUT2D eigenvalue weighted by molar-refractivity contribution is 6.23. The first-order valence-electron chi connectivity index (χ1n) is 9.25. The van der Waals surface area contributed by atoms with Crippen LogP contribution in [0.1, 0.15) is 30.1 Å². The van der Waals surface area contributed by atoms with E-state index in [-0.39, 0.29) is 24.1 Å². The van der Waals surface area contributed by atoms with Gasteiger partial charge >= 0.3 is 0 Å². The fourth-order valence-corrected chi connectivity index (χ4v) is 3.10. The molecule has 0 aromatic heterocycles. The summed E-state index contributed by atoms with van der Waals surface area (Å²) >= 11 is 0. The van der Waals surface area contributed by atoms with Crippen molar-refractivity contribution in [3.8, 4) is 5.75 Å². The standard InChI is InChI=1S/C21H20FN3O5/c1-3-18(26)25(23-20(28)13-8-10-14(30-2)11-9-13)17-12-19(27)24(21(17)29)16-7-5-4-6-15(16)22/h4-11,17H,3,12H2,1-2H3,(H,23,28). The number of benzene rings is 2.